The van der Waals surface area contributed by atoms with Gasteiger partial charge in [-0.05, 0) is 60.5 Å². The molecule has 7 heteroatoms. The fourth-order valence-electron chi connectivity index (χ4n) is 1.74. The van der Waals surface area contributed by atoms with E-state index in [4.69, 9.17) is 0 Å². The van der Waals surface area contributed by atoms with Crippen molar-refractivity contribution >= 4 is 19.7 Å². The standard InChI is InChI=1S/C11H19NO2S.C6H10O2S/c1-11(2)15(13,14)10-6-9-12-7-4-3-5-8-12;1-4-5-9(7,8)6(2)3/h11H,3-5,7-9H2,1-2H3;6H,1-3H3. The molecule has 0 unspecified atom stereocenters. The van der Waals surface area contributed by atoms with E-state index in [9.17, 15) is 16.8 Å². The summed E-state index contributed by atoms with van der Waals surface area (Å²) in [5.41, 5.74) is 0. The van der Waals surface area contributed by atoms with Crippen LogP contribution in [0, 0.1) is 22.3 Å². The van der Waals surface area contributed by atoms with Crippen molar-refractivity contribution < 1.29 is 16.8 Å². The topological polar surface area (TPSA) is 71.5 Å². The summed E-state index contributed by atoms with van der Waals surface area (Å²) in [6, 6.07) is 0. The summed E-state index contributed by atoms with van der Waals surface area (Å²) in [5.74, 6) is 5.12. The maximum atomic E-state index is 11.4. The molecule has 1 saturated heterocycles. The number of hydrogen-bond donors (Lipinski definition) is 0. The van der Waals surface area contributed by atoms with Gasteiger partial charge in [0.2, 0.25) is 19.7 Å². The van der Waals surface area contributed by atoms with Crippen molar-refractivity contribution in [1.82, 2.24) is 4.90 Å². The molecule has 0 radical (unpaired) electrons. The first kappa shape index (κ1) is 23.0. The van der Waals surface area contributed by atoms with E-state index in [-0.39, 0.29) is 5.25 Å². The van der Waals surface area contributed by atoms with Gasteiger partial charge in [0.05, 0.1) is 17.0 Å². The molecule has 0 amide bonds. The Bertz CT molecular complexity index is 693. The van der Waals surface area contributed by atoms with Gasteiger partial charge in [0.1, 0.15) is 0 Å². The van der Waals surface area contributed by atoms with Crippen LogP contribution >= 0.6 is 0 Å². The molecule has 0 N–H and O–H groups in total. The second-order valence-corrected chi connectivity index (χ2v) is 10.6. The van der Waals surface area contributed by atoms with E-state index >= 15 is 0 Å². The van der Waals surface area contributed by atoms with E-state index in [1.54, 1.807) is 27.7 Å². The van der Waals surface area contributed by atoms with Crippen LogP contribution in [-0.4, -0.2) is 51.9 Å². The Kier molecular flexibility index (Phi) is 10.3. The highest BCUT2D eigenvalue weighted by Crippen LogP contribution is 2.07. The second kappa shape index (κ2) is 10.8. The Hall–Kier alpha value is -1.02. The molecule has 0 aromatic rings. The lowest BCUT2D eigenvalue weighted by atomic mass is 10.1. The van der Waals surface area contributed by atoms with Gasteiger partial charge >= 0.3 is 0 Å². The molecule has 1 rings (SSSR count). The fraction of sp³-hybridized carbons (Fsp3) is 0.765. The van der Waals surface area contributed by atoms with Crippen molar-refractivity contribution in [2.45, 2.75) is 64.4 Å². The van der Waals surface area contributed by atoms with Gasteiger partial charge in [-0.2, -0.15) is 0 Å². The minimum absolute atomic E-state index is 0.384. The monoisotopic (exact) mass is 375 g/mol. The maximum absolute atomic E-state index is 11.4. The van der Waals surface area contributed by atoms with Crippen molar-refractivity contribution in [3.05, 3.63) is 0 Å². The first-order chi connectivity index (χ1) is 11.0. The lowest BCUT2D eigenvalue weighted by Gasteiger charge is -2.23. The average molecular weight is 376 g/mol. The predicted octanol–water partition coefficient (Wildman–Crippen LogP) is 2.05. The van der Waals surface area contributed by atoms with Crippen LogP contribution in [0.25, 0.3) is 0 Å². The normalized spacial score (nSPS) is 15.6. The Labute approximate surface area is 148 Å². The first-order valence-corrected chi connectivity index (χ1v) is 11.3. The number of rotatable bonds is 3. The van der Waals surface area contributed by atoms with Gasteiger partial charge in [-0.1, -0.05) is 18.3 Å². The lowest BCUT2D eigenvalue weighted by molar-refractivity contribution is 0.255. The molecule has 0 atom stereocenters. The zero-order valence-corrected chi connectivity index (χ0v) is 16.9. The van der Waals surface area contributed by atoms with Crippen LogP contribution in [0.1, 0.15) is 53.9 Å². The Balaban J connectivity index is 0.000000506. The van der Waals surface area contributed by atoms with Crippen molar-refractivity contribution in [2.24, 2.45) is 0 Å². The van der Waals surface area contributed by atoms with Crippen LogP contribution in [0.15, 0.2) is 0 Å². The zero-order valence-electron chi connectivity index (χ0n) is 15.3. The van der Waals surface area contributed by atoms with E-state index in [1.165, 1.54) is 26.2 Å². The summed E-state index contributed by atoms with van der Waals surface area (Å²) >= 11 is 0. The average Bonchev–Trinajstić information content (AvgIpc) is 2.48. The van der Waals surface area contributed by atoms with Crippen LogP contribution in [-0.2, 0) is 19.7 Å². The van der Waals surface area contributed by atoms with Crippen LogP contribution in [0.4, 0.5) is 0 Å². The molecule has 5 nitrogen and oxygen atoms in total. The number of hydrogen-bond acceptors (Lipinski definition) is 5. The zero-order chi connectivity index (χ0) is 18.8. The van der Waals surface area contributed by atoms with Crippen molar-refractivity contribution in [1.29, 1.82) is 0 Å². The number of likely N-dealkylation sites (tertiary alicyclic amines) is 1. The van der Waals surface area contributed by atoms with Gasteiger partial charge in [0, 0.05) is 10.5 Å². The second-order valence-electron chi connectivity index (χ2n) is 6.16. The summed E-state index contributed by atoms with van der Waals surface area (Å²) in [5, 5.41) is 3.75. The van der Waals surface area contributed by atoms with Crippen molar-refractivity contribution in [3.63, 3.8) is 0 Å². The number of sulfone groups is 2. The summed E-state index contributed by atoms with van der Waals surface area (Å²) in [6.07, 6.45) is 3.70. The molecule has 1 aliphatic heterocycles. The van der Waals surface area contributed by atoms with Crippen molar-refractivity contribution in [2.75, 3.05) is 19.6 Å². The van der Waals surface area contributed by atoms with Gasteiger partial charge in [0.25, 0.3) is 0 Å². The van der Waals surface area contributed by atoms with Gasteiger partial charge < -0.3 is 0 Å². The molecule has 1 aliphatic rings. The highest BCUT2D eigenvalue weighted by Gasteiger charge is 2.12. The van der Waals surface area contributed by atoms with E-state index in [1.807, 2.05) is 0 Å². The third kappa shape index (κ3) is 9.32. The third-order valence-electron chi connectivity index (χ3n) is 3.45. The van der Waals surface area contributed by atoms with Crippen molar-refractivity contribution in [3.8, 4) is 22.3 Å². The Morgan fingerprint density at radius 3 is 1.67 bits per heavy atom. The summed E-state index contributed by atoms with van der Waals surface area (Å²) in [4.78, 5) is 2.21. The Morgan fingerprint density at radius 1 is 0.833 bits per heavy atom. The molecule has 0 bridgehead atoms. The summed E-state index contributed by atoms with van der Waals surface area (Å²) in [6.45, 7) is 10.7. The molecule has 1 fully saturated rings. The van der Waals surface area contributed by atoms with Gasteiger partial charge in [-0.25, -0.2) is 16.8 Å². The largest absolute Gasteiger partial charge is 0.292 e. The van der Waals surface area contributed by atoms with Crippen LogP contribution in [0.2, 0.25) is 0 Å². The summed E-state index contributed by atoms with van der Waals surface area (Å²) in [7, 11) is -6.30. The quantitative estimate of drug-likeness (QED) is 0.558. The molecule has 1 heterocycles. The maximum Gasteiger partial charge on any atom is 0.219 e. The SMILES string of the molecule is CC#CS(=O)(=O)C(C)C.CC(C)S(=O)(=O)C#CCN1CCCCC1. The van der Waals surface area contributed by atoms with E-state index in [0.717, 1.165) is 13.1 Å². The molecule has 0 spiro atoms. The molecular weight excluding hydrogens is 346 g/mol. The molecule has 0 aliphatic carbocycles. The smallest absolute Gasteiger partial charge is 0.219 e. The fourth-order valence-corrected chi connectivity index (χ4v) is 2.76. The van der Waals surface area contributed by atoms with Crippen LogP contribution < -0.4 is 0 Å². The van der Waals surface area contributed by atoms with Gasteiger partial charge in [0.15, 0.2) is 0 Å². The van der Waals surface area contributed by atoms with E-state index in [0.29, 0.717) is 6.54 Å². The molecule has 0 aromatic heterocycles. The Morgan fingerprint density at radius 2 is 1.29 bits per heavy atom. The minimum Gasteiger partial charge on any atom is -0.292 e. The highest BCUT2D eigenvalue weighted by molar-refractivity contribution is 7.96. The highest BCUT2D eigenvalue weighted by atomic mass is 32.2. The lowest BCUT2D eigenvalue weighted by Crippen LogP contribution is -2.30. The van der Waals surface area contributed by atoms with Crippen LogP contribution in [0.3, 0.4) is 0 Å². The molecular formula is C17H29NO4S2. The third-order valence-corrected chi connectivity index (χ3v) is 6.85. The first-order valence-electron chi connectivity index (χ1n) is 8.16. The van der Waals surface area contributed by atoms with Gasteiger partial charge in [-0.15, -0.1) is 0 Å². The summed E-state index contributed by atoms with van der Waals surface area (Å²) < 4.78 is 44.3. The molecule has 24 heavy (non-hydrogen) atoms. The van der Waals surface area contributed by atoms with Gasteiger partial charge in [-0.3, -0.25) is 4.90 Å². The van der Waals surface area contributed by atoms with Crippen LogP contribution in [0.5, 0.6) is 0 Å². The van der Waals surface area contributed by atoms with E-state index < -0.39 is 24.9 Å². The minimum atomic E-state index is -3.19. The number of piperidine rings is 1. The molecule has 0 aromatic carbocycles. The number of nitrogens with zero attached hydrogens (tertiary/aromatic N) is 1. The van der Waals surface area contributed by atoms with E-state index in [2.05, 4.69) is 27.2 Å². The molecule has 0 saturated carbocycles. The predicted molar refractivity (Wildman–Crippen MR) is 99.6 cm³/mol. The molecule has 138 valence electrons.